The van der Waals surface area contributed by atoms with Crippen molar-refractivity contribution in [3.05, 3.63) is 71.3 Å². The van der Waals surface area contributed by atoms with Crippen LogP contribution in [-0.4, -0.2) is 82.6 Å². The van der Waals surface area contributed by atoms with Crippen molar-refractivity contribution in [3.8, 4) is 34.5 Å². The molecule has 1 N–H and O–H groups in total. The molecule has 4 rings (SSSR count). The fourth-order valence-electron chi connectivity index (χ4n) is 6.29. The summed E-state index contributed by atoms with van der Waals surface area (Å²) in [7, 11) is 7.70. The number of nitrogens with zero attached hydrogens (tertiary/aromatic N) is 1. The number of hydrogen-bond acceptors (Lipinski definition) is 10. The van der Waals surface area contributed by atoms with E-state index >= 15 is 0 Å². The quantitative estimate of drug-likeness (QED) is 0.167. The number of aliphatic carboxylic acids is 1. The van der Waals surface area contributed by atoms with Crippen LogP contribution in [0.25, 0.3) is 0 Å². The van der Waals surface area contributed by atoms with Crippen molar-refractivity contribution >= 4 is 17.8 Å². The van der Waals surface area contributed by atoms with Gasteiger partial charge in [-0.15, -0.1) is 0 Å². The standard InChI is InChI=1S/C38H47NO11/c1-7-28(26-21-33(46-4)36(48-6)34(22-26)47-5)37(42)39-18-9-8-13-29(39)38(43)50-30(25-11-10-12-27(20-25)49-23-35(40)41)16-14-24-15-17-31(44-2)32(19-24)45-3/h10-12,15,17,19-22,28-30H,7-9,13-14,16,18,23H2,1-6H3,(H,40,41)/t28?,29?,30-/m1/s1. The molecule has 2 unspecified atom stereocenters. The molecule has 0 aliphatic carbocycles. The van der Waals surface area contributed by atoms with Gasteiger partial charge in [0.1, 0.15) is 17.9 Å². The van der Waals surface area contributed by atoms with E-state index in [4.69, 9.17) is 38.3 Å². The summed E-state index contributed by atoms with van der Waals surface area (Å²) >= 11 is 0. The first kappa shape index (κ1) is 37.7. The van der Waals surface area contributed by atoms with Gasteiger partial charge in [-0.05, 0) is 91.6 Å². The van der Waals surface area contributed by atoms with E-state index in [0.717, 1.165) is 18.4 Å². The number of aryl methyl sites for hydroxylation is 1. The Labute approximate surface area is 293 Å². The van der Waals surface area contributed by atoms with E-state index in [-0.39, 0.29) is 5.91 Å². The van der Waals surface area contributed by atoms with Gasteiger partial charge in [0.25, 0.3) is 0 Å². The molecule has 12 heteroatoms. The van der Waals surface area contributed by atoms with Crippen LogP contribution in [0.1, 0.15) is 67.7 Å². The van der Waals surface area contributed by atoms with E-state index in [1.165, 1.54) is 21.3 Å². The number of carbonyl (C=O) groups excluding carboxylic acids is 2. The molecule has 270 valence electrons. The number of hydrogen-bond donors (Lipinski definition) is 1. The number of likely N-dealkylation sites (tertiary alicyclic amines) is 1. The second-order valence-corrected chi connectivity index (χ2v) is 11.9. The van der Waals surface area contributed by atoms with Gasteiger partial charge in [-0.3, -0.25) is 4.79 Å². The van der Waals surface area contributed by atoms with Gasteiger partial charge in [-0.1, -0.05) is 25.1 Å². The molecule has 0 radical (unpaired) electrons. The van der Waals surface area contributed by atoms with Crippen LogP contribution in [-0.2, 0) is 25.5 Å². The smallest absolute Gasteiger partial charge is 0.341 e. The first-order valence-corrected chi connectivity index (χ1v) is 16.6. The Balaban J connectivity index is 1.61. The van der Waals surface area contributed by atoms with Crippen LogP contribution in [0.5, 0.6) is 34.5 Å². The third-order valence-electron chi connectivity index (χ3n) is 8.85. The number of carbonyl (C=O) groups is 3. The molecule has 50 heavy (non-hydrogen) atoms. The highest BCUT2D eigenvalue weighted by Gasteiger charge is 2.38. The monoisotopic (exact) mass is 693 g/mol. The number of carboxylic acids is 1. The predicted octanol–water partition coefficient (Wildman–Crippen LogP) is 5.99. The summed E-state index contributed by atoms with van der Waals surface area (Å²) in [5.41, 5.74) is 2.27. The molecule has 3 aromatic rings. The Hall–Kier alpha value is -5.13. The topological polar surface area (TPSA) is 139 Å². The van der Waals surface area contributed by atoms with Gasteiger partial charge in [0, 0.05) is 6.54 Å². The molecular formula is C38H47NO11. The molecule has 1 aliphatic rings. The highest BCUT2D eigenvalue weighted by molar-refractivity contribution is 5.89. The second-order valence-electron chi connectivity index (χ2n) is 11.9. The molecule has 1 aliphatic heterocycles. The van der Waals surface area contributed by atoms with Crippen molar-refractivity contribution in [2.45, 2.75) is 63.5 Å². The van der Waals surface area contributed by atoms with Gasteiger partial charge in [0.15, 0.2) is 29.6 Å². The molecule has 0 aromatic heterocycles. The second kappa shape index (κ2) is 18.0. The van der Waals surface area contributed by atoms with Crippen LogP contribution in [0.4, 0.5) is 0 Å². The van der Waals surface area contributed by atoms with Crippen molar-refractivity contribution in [1.82, 2.24) is 4.90 Å². The number of carboxylic acid groups (broad SMARTS) is 1. The van der Waals surface area contributed by atoms with Gasteiger partial charge >= 0.3 is 11.9 Å². The first-order chi connectivity index (χ1) is 24.2. The first-order valence-electron chi connectivity index (χ1n) is 16.6. The number of amides is 1. The highest BCUT2D eigenvalue weighted by atomic mass is 16.5. The molecule has 3 atom stereocenters. The fraction of sp³-hybridized carbons (Fsp3) is 0.447. The summed E-state index contributed by atoms with van der Waals surface area (Å²) in [5.74, 6) is 0.454. The molecule has 1 heterocycles. The normalized spacial score (nSPS) is 15.3. The van der Waals surface area contributed by atoms with E-state index in [2.05, 4.69) is 0 Å². The number of ether oxygens (including phenoxy) is 7. The van der Waals surface area contributed by atoms with Gasteiger partial charge in [0.05, 0.1) is 41.5 Å². The lowest BCUT2D eigenvalue weighted by molar-refractivity contribution is -0.162. The average molecular weight is 694 g/mol. The number of piperidine rings is 1. The summed E-state index contributed by atoms with van der Waals surface area (Å²) in [6.45, 7) is 1.82. The van der Waals surface area contributed by atoms with Crippen LogP contribution in [0.2, 0.25) is 0 Å². The molecule has 1 fully saturated rings. The maximum Gasteiger partial charge on any atom is 0.341 e. The van der Waals surface area contributed by atoms with Crippen molar-refractivity contribution in [2.75, 3.05) is 48.7 Å². The van der Waals surface area contributed by atoms with Crippen molar-refractivity contribution in [2.24, 2.45) is 0 Å². The lowest BCUT2D eigenvalue weighted by atomic mass is 9.91. The van der Waals surface area contributed by atoms with Crippen LogP contribution >= 0.6 is 0 Å². The number of esters is 1. The molecule has 3 aromatic carbocycles. The number of rotatable bonds is 17. The number of methoxy groups -OCH3 is 5. The lowest BCUT2D eigenvalue weighted by Crippen LogP contribution is -2.50. The minimum atomic E-state index is -1.11. The summed E-state index contributed by atoms with van der Waals surface area (Å²) in [6.07, 6.45) is 2.65. The highest BCUT2D eigenvalue weighted by Crippen LogP contribution is 2.41. The third-order valence-corrected chi connectivity index (χ3v) is 8.85. The summed E-state index contributed by atoms with van der Waals surface area (Å²) in [6, 6.07) is 15.2. The minimum Gasteiger partial charge on any atom is -0.493 e. The Morgan fingerprint density at radius 1 is 0.820 bits per heavy atom. The minimum absolute atomic E-state index is 0.186. The largest absolute Gasteiger partial charge is 0.493 e. The third kappa shape index (κ3) is 9.10. The van der Waals surface area contributed by atoms with Crippen LogP contribution in [0.3, 0.4) is 0 Å². The Kier molecular flexibility index (Phi) is 13.6. The molecule has 1 saturated heterocycles. The van der Waals surface area contributed by atoms with Crippen molar-refractivity contribution in [1.29, 1.82) is 0 Å². The van der Waals surface area contributed by atoms with Gasteiger partial charge < -0.3 is 43.2 Å². The maximum absolute atomic E-state index is 14.3. The molecule has 0 saturated carbocycles. The van der Waals surface area contributed by atoms with E-state index in [1.807, 2.05) is 31.2 Å². The van der Waals surface area contributed by atoms with Gasteiger partial charge in [0.2, 0.25) is 11.7 Å². The molecule has 0 spiro atoms. The maximum atomic E-state index is 14.3. The van der Waals surface area contributed by atoms with E-state index in [1.54, 1.807) is 49.5 Å². The van der Waals surface area contributed by atoms with E-state index < -0.39 is 36.6 Å². The van der Waals surface area contributed by atoms with Crippen molar-refractivity contribution < 1.29 is 52.6 Å². The number of benzene rings is 3. The Morgan fingerprint density at radius 3 is 2.14 bits per heavy atom. The Morgan fingerprint density at radius 2 is 1.52 bits per heavy atom. The zero-order chi connectivity index (χ0) is 36.2. The lowest BCUT2D eigenvalue weighted by Gasteiger charge is -2.37. The summed E-state index contributed by atoms with van der Waals surface area (Å²) in [5, 5.41) is 9.12. The van der Waals surface area contributed by atoms with Crippen molar-refractivity contribution in [3.63, 3.8) is 0 Å². The SMILES string of the molecule is CCC(C(=O)N1CCCCC1C(=O)O[C@H](CCc1ccc(OC)c(OC)c1)c1cccc(OCC(=O)O)c1)c1cc(OC)c(OC)c(OC)c1. The van der Waals surface area contributed by atoms with E-state index in [0.29, 0.717) is 77.9 Å². The van der Waals surface area contributed by atoms with Gasteiger partial charge in [-0.25, -0.2) is 9.59 Å². The fourth-order valence-corrected chi connectivity index (χ4v) is 6.29. The zero-order valence-corrected chi connectivity index (χ0v) is 29.6. The van der Waals surface area contributed by atoms with Crippen LogP contribution in [0.15, 0.2) is 54.6 Å². The molecule has 1 amide bonds. The zero-order valence-electron chi connectivity index (χ0n) is 29.6. The molecule has 0 bridgehead atoms. The summed E-state index contributed by atoms with van der Waals surface area (Å²) < 4.78 is 39.1. The van der Waals surface area contributed by atoms with E-state index in [9.17, 15) is 14.4 Å². The molecular weight excluding hydrogens is 646 g/mol. The van der Waals surface area contributed by atoms with Crippen LogP contribution < -0.4 is 28.4 Å². The summed E-state index contributed by atoms with van der Waals surface area (Å²) in [4.78, 5) is 41.2. The molecule has 12 nitrogen and oxygen atoms in total. The average Bonchev–Trinajstić information content (AvgIpc) is 3.15. The Bertz CT molecular complexity index is 1600. The van der Waals surface area contributed by atoms with Gasteiger partial charge in [-0.2, -0.15) is 0 Å². The van der Waals surface area contributed by atoms with Crippen LogP contribution in [0, 0.1) is 0 Å². The predicted molar refractivity (Wildman–Crippen MR) is 185 cm³/mol.